The Morgan fingerprint density at radius 2 is 2.04 bits per heavy atom. The first-order valence-electron chi connectivity index (χ1n) is 9.32. The van der Waals surface area contributed by atoms with Gasteiger partial charge in [0.15, 0.2) is 0 Å². The van der Waals surface area contributed by atoms with E-state index in [1.807, 2.05) is 31.2 Å². The van der Waals surface area contributed by atoms with E-state index in [1.54, 1.807) is 11.3 Å². The number of nitriles is 1. The fraction of sp³-hybridized carbons (Fsp3) is 0.455. The molecule has 0 saturated heterocycles. The number of rotatable bonds is 4. The van der Waals surface area contributed by atoms with Crippen molar-refractivity contribution in [3.05, 3.63) is 45.8 Å². The Labute approximate surface area is 170 Å². The summed E-state index contributed by atoms with van der Waals surface area (Å²) in [6, 6.07) is 10.5. The first-order valence-corrected chi connectivity index (χ1v) is 11.1. The highest BCUT2D eigenvalue weighted by atomic mass is 32.2. The molecule has 142 valence electrons. The molecule has 2 aromatic rings. The van der Waals surface area contributed by atoms with Crippen LogP contribution in [-0.4, -0.2) is 11.7 Å². The molecular formula is C22H26N2OS2. The van der Waals surface area contributed by atoms with Crippen LogP contribution in [0.1, 0.15) is 48.8 Å². The first-order chi connectivity index (χ1) is 12.8. The van der Waals surface area contributed by atoms with E-state index < -0.39 is 0 Å². The topological polar surface area (TPSA) is 52.9 Å². The molecule has 1 heterocycles. The number of carbonyl (C=O) groups is 1. The second-order valence-electron chi connectivity index (χ2n) is 8.28. The zero-order valence-electron chi connectivity index (χ0n) is 16.4. The van der Waals surface area contributed by atoms with Crippen molar-refractivity contribution >= 4 is 34.0 Å². The van der Waals surface area contributed by atoms with E-state index in [9.17, 15) is 10.1 Å². The van der Waals surface area contributed by atoms with E-state index in [1.165, 1.54) is 22.2 Å². The molecule has 3 rings (SSSR count). The second kappa shape index (κ2) is 8.08. The van der Waals surface area contributed by atoms with Gasteiger partial charge in [-0.3, -0.25) is 4.79 Å². The predicted octanol–water partition coefficient (Wildman–Crippen LogP) is 5.81. The molecule has 0 bridgehead atoms. The molecule has 0 fully saturated rings. The van der Waals surface area contributed by atoms with Gasteiger partial charge in [0.05, 0.1) is 11.3 Å². The standard InChI is InChI=1S/C22H26N2OS2/c1-14-5-8-16(9-6-14)26-13-20(25)24-21-18(12-23)17-10-7-15(22(2,3)4)11-19(17)27-21/h5-6,8-9,15H,7,10-11,13H2,1-4H3,(H,24,25). The van der Waals surface area contributed by atoms with Crippen LogP contribution in [0.2, 0.25) is 0 Å². The number of carbonyl (C=O) groups excluding carboxylic acids is 1. The van der Waals surface area contributed by atoms with Crippen molar-refractivity contribution in [2.24, 2.45) is 11.3 Å². The molecule has 1 aliphatic rings. The maximum Gasteiger partial charge on any atom is 0.235 e. The highest BCUT2D eigenvalue weighted by Crippen LogP contribution is 2.44. The van der Waals surface area contributed by atoms with Gasteiger partial charge in [0.1, 0.15) is 11.1 Å². The van der Waals surface area contributed by atoms with Crippen LogP contribution in [0.15, 0.2) is 29.2 Å². The van der Waals surface area contributed by atoms with Crippen molar-refractivity contribution in [2.75, 3.05) is 11.1 Å². The lowest BCUT2D eigenvalue weighted by Gasteiger charge is -2.33. The lowest BCUT2D eigenvalue weighted by atomic mass is 9.72. The predicted molar refractivity (Wildman–Crippen MR) is 115 cm³/mol. The molecule has 1 unspecified atom stereocenters. The number of aryl methyl sites for hydroxylation is 1. The van der Waals surface area contributed by atoms with Gasteiger partial charge in [-0.15, -0.1) is 23.1 Å². The molecule has 0 aliphatic heterocycles. The number of thioether (sulfide) groups is 1. The van der Waals surface area contributed by atoms with Crippen LogP contribution in [0.5, 0.6) is 0 Å². The smallest absolute Gasteiger partial charge is 0.235 e. The third-order valence-electron chi connectivity index (χ3n) is 5.25. The van der Waals surface area contributed by atoms with Gasteiger partial charge in [0, 0.05) is 9.77 Å². The number of amides is 1. The van der Waals surface area contributed by atoms with Crippen molar-refractivity contribution in [2.45, 2.75) is 51.9 Å². The van der Waals surface area contributed by atoms with Gasteiger partial charge in [0.2, 0.25) is 5.91 Å². The van der Waals surface area contributed by atoms with Crippen LogP contribution in [-0.2, 0) is 17.6 Å². The van der Waals surface area contributed by atoms with Gasteiger partial charge >= 0.3 is 0 Å². The Morgan fingerprint density at radius 1 is 1.33 bits per heavy atom. The van der Waals surface area contributed by atoms with Gasteiger partial charge < -0.3 is 5.32 Å². The Balaban J connectivity index is 1.68. The number of benzene rings is 1. The van der Waals surface area contributed by atoms with Crippen LogP contribution in [0.4, 0.5) is 5.00 Å². The zero-order chi connectivity index (χ0) is 19.6. The minimum Gasteiger partial charge on any atom is -0.316 e. The van der Waals surface area contributed by atoms with E-state index in [4.69, 9.17) is 0 Å². The zero-order valence-corrected chi connectivity index (χ0v) is 18.0. The number of fused-ring (bicyclic) bond motifs is 1. The Hall–Kier alpha value is -1.77. The summed E-state index contributed by atoms with van der Waals surface area (Å²) in [5, 5.41) is 13.4. The van der Waals surface area contributed by atoms with Gasteiger partial charge in [-0.05, 0) is 55.2 Å². The average Bonchev–Trinajstić information content (AvgIpc) is 2.96. The van der Waals surface area contributed by atoms with E-state index in [-0.39, 0.29) is 11.3 Å². The van der Waals surface area contributed by atoms with Crippen molar-refractivity contribution in [3.8, 4) is 6.07 Å². The van der Waals surface area contributed by atoms with Gasteiger partial charge in [-0.1, -0.05) is 38.5 Å². The third-order valence-corrected chi connectivity index (χ3v) is 7.43. The SMILES string of the molecule is Cc1ccc(SCC(=O)Nc2sc3c(c2C#N)CCC(C(C)(C)C)C3)cc1. The molecular weight excluding hydrogens is 372 g/mol. The van der Waals surface area contributed by atoms with Crippen LogP contribution in [0, 0.1) is 29.6 Å². The maximum absolute atomic E-state index is 12.4. The molecule has 1 amide bonds. The number of nitrogens with one attached hydrogen (secondary N) is 1. The molecule has 0 radical (unpaired) electrons. The fourth-order valence-corrected chi connectivity index (χ4v) is 5.47. The summed E-state index contributed by atoms with van der Waals surface area (Å²) in [5.41, 5.74) is 3.31. The minimum atomic E-state index is -0.0527. The quantitative estimate of drug-likeness (QED) is 0.661. The van der Waals surface area contributed by atoms with Crippen LogP contribution >= 0.6 is 23.1 Å². The number of anilines is 1. The number of nitrogens with zero attached hydrogens (tertiary/aromatic N) is 1. The van der Waals surface area contributed by atoms with Gasteiger partial charge in [-0.25, -0.2) is 0 Å². The maximum atomic E-state index is 12.4. The summed E-state index contributed by atoms with van der Waals surface area (Å²) in [4.78, 5) is 14.8. The molecule has 0 saturated carbocycles. The molecule has 27 heavy (non-hydrogen) atoms. The van der Waals surface area contributed by atoms with E-state index in [0.717, 1.165) is 34.7 Å². The second-order valence-corrected chi connectivity index (χ2v) is 10.4. The fourth-order valence-electron chi connectivity index (χ4n) is 3.48. The molecule has 0 spiro atoms. The number of hydrogen-bond acceptors (Lipinski definition) is 4. The van der Waals surface area contributed by atoms with Crippen molar-refractivity contribution < 1.29 is 4.79 Å². The summed E-state index contributed by atoms with van der Waals surface area (Å²) in [6.45, 7) is 8.90. The summed E-state index contributed by atoms with van der Waals surface area (Å²) < 4.78 is 0. The monoisotopic (exact) mass is 398 g/mol. The van der Waals surface area contributed by atoms with Crippen molar-refractivity contribution in [1.82, 2.24) is 0 Å². The molecule has 3 nitrogen and oxygen atoms in total. The van der Waals surface area contributed by atoms with E-state index >= 15 is 0 Å². The summed E-state index contributed by atoms with van der Waals surface area (Å²) in [5.74, 6) is 0.917. The Bertz CT molecular complexity index is 869. The lowest BCUT2D eigenvalue weighted by molar-refractivity contribution is -0.113. The summed E-state index contributed by atoms with van der Waals surface area (Å²) in [6.07, 6.45) is 3.05. The molecule has 1 aromatic carbocycles. The largest absolute Gasteiger partial charge is 0.316 e. The van der Waals surface area contributed by atoms with E-state index in [0.29, 0.717) is 17.2 Å². The molecule has 1 aromatic heterocycles. The average molecular weight is 399 g/mol. The Morgan fingerprint density at radius 3 is 2.67 bits per heavy atom. The highest BCUT2D eigenvalue weighted by Gasteiger charge is 2.32. The lowest BCUT2D eigenvalue weighted by Crippen LogP contribution is -2.26. The summed E-state index contributed by atoms with van der Waals surface area (Å²) >= 11 is 3.11. The van der Waals surface area contributed by atoms with Gasteiger partial charge in [0.25, 0.3) is 0 Å². The molecule has 5 heteroatoms. The molecule has 1 N–H and O–H groups in total. The highest BCUT2D eigenvalue weighted by molar-refractivity contribution is 8.00. The first kappa shape index (κ1) is 20.0. The van der Waals surface area contributed by atoms with E-state index in [2.05, 4.69) is 32.2 Å². The third kappa shape index (κ3) is 4.75. The van der Waals surface area contributed by atoms with Crippen molar-refractivity contribution in [3.63, 3.8) is 0 Å². The van der Waals surface area contributed by atoms with Crippen molar-refractivity contribution in [1.29, 1.82) is 5.26 Å². The minimum absolute atomic E-state index is 0.0527. The van der Waals surface area contributed by atoms with Crippen LogP contribution < -0.4 is 5.32 Å². The number of hydrogen-bond donors (Lipinski definition) is 1. The molecule has 1 aliphatic carbocycles. The number of thiophene rings is 1. The van der Waals surface area contributed by atoms with Crippen LogP contribution in [0.25, 0.3) is 0 Å². The van der Waals surface area contributed by atoms with Gasteiger partial charge in [-0.2, -0.15) is 5.26 Å². The van der Waals surface area contributed by atoms with Crippen LogP contribution in [0.3, 0.4) is 0 Å². The Kier molecular flexibility index (Phi) is 5.98. The molecule has 1 atom stereocenters. The summed E-state index contributed by atoms with van der Waals surface area (Å²) in [7, 11) is 0. The normalized spacial score (nSPS) is 16.5.